The van der Waals surface area contributed by atoms with Gasteiger partial charge in [0.1, 0.15) is 11.4 Å². The van der Waals surface area contributed by atoms with Crippen LogP contribution in [0.3, 0.4) is 0 Å². The molecule has 11 heteroatoms. The highest BCUT2D eigenvalue weighted by molar-refractivity contribution is 7.89. The van der Waals surface area contributed by atoms with Gasteiger partial charge in [0.25, 0.3) is 0 Å². The molecule has 9 nitrogen and oxygen atoms in total. The number of anilines is 1. The van der Waals surface area contributed by atoms with E-state index in [4.69, 9.17) is 15.0 Å². The highest BCUT2D eigenvalue weighted by Crippen LogP contribution is 2.38. The van der Waals surface area contributed by atoms with E-state index < -0.39 is 39.1 Å². The van der Waals surface area contributed by atoms with Gasteiger partial charge in [-0.05, 0) is 41.5 Å². The summed E-state index contributed by atoms with van der Waals surface area (Å²) in [4.78, 5) is 0. The van der Waals surface area contributed by atoms with Crippen molar-refractivity contribution in [2.24, 2.45) is 0 Å². The largest absolute Gasteiger partial charge is 0.500 e. The highest BCUT2D eigenvalue weighted by atomic mass is 32.2. The summed E-state index contributed by atoms with van der Waals surface area (Å²) in [6.45, 7) is 11.5. The highest BCUT2D eigenvalue weighted by Gasteiger charge is 2.54. The van der Waals surface area contributed by atoms with E-state index in [-0.39, 0.29) is 25.3 Å². The number of nitriles is 1. The molecule has 1 aromatic heterocycles. The Labute approximate surface area is 167 Å². The lowest BCUT2D eigenvalue weighted by Gasteiger charge is -2.48. The Morgan fingerprint density at radius 2 is 1.82 bits per heavy atom. The fourth-order valence-corrected chi connectivity index (χ4v) is 4.81. The normalized spacial score (nSPS) is 23.6. The van der Waals surface area contributed by atoms with E-state index in [1.54, 1.807) is 24.7 Å². The van der Waals surface area contributed by atoms with E-state index in [1.807, 2.05) is 27.7 Å². The molecular weight excluding hydrogens is 381 g/mol. The second-order valence-electron chi connectivity index (χ2n) is 8.92. The van der Waals surface area contributed by atoms with E-state index in [0.29, 0.717) is 5.46 Å². The average molecular weight is 409 g/mol. The van der Waals surface area contributed by atoms with Crippen LogP contribution in [0.5, 0.6) is 0 Å². The van der Waals surface area contributed by atoms with Crippen LogP contribution in [0.15, 0.2) is 6.20 Å². The topological polar surface area (TPSA) is 123 Å². The Morgan fingerprint density at radius 1 is 1.29 bits per heavy atom. The van der Waals surface area contributed by atoms with Gasteiger partial charge in [0.15, 0.2) is 0 Å². The van der Waals surface area contributed by atoms with Crippen LogP contribution in [-0.2, 0) is 24.9 Å². The number of aromatic nitrogens is 2. The molecule has 2 aliphatic heterocycles. The minimum Gasteiger partial charge on any atom is -0.399 e. The van der Waals surface area contributed by atoms with Gasteiger partial charge in [0.2, 0.25) is 10.0 Å². The molecule has 0 aromatic carbocycles. The molecule has 3 heterocycles. The second-order valence-corrected chi connectivity index (χ2v) is 11.4. The van der Waals surface area contributed by atoms with Gasteiger partial charge < -0.3 is 15.0 Å². The predicted molar refractivity (Wildman–Crippen MR) is 106 cm³/mol. The van der Waals surface area contributed by atoms with Crippen molar-refractivity contribution in [3.05, 3.63) is 6.20 Å². The minimum atomic E-state index is -3.39. The third kappa shape index (κ3) is 3.12. The van der Waals surface area contributed by atoms with Gasteiger partial charge >= 0.3 is 7.12 Å². The molecule has 28 heavy (non-hydrogen) atoms. The second kappa shape index (κ2) is 6.45. The SMILES string of the molecule is CC(C)S(=O)(=O)N1CC(CC#N)(n2cc(B3OC(C)(C)C(C)(C)O3)c(N)n2)C1. The zero-order chi connectivity index (χ0) is 21.1. The summed E-state index contributed by atoms with van der Waals surface area (Å²) in [5.74, 6) is 0.251. The molecule has 0 aliphatic carbocycles. The molecular formula is C17H28BN5O4S. The summed E-state index contributed by atoms with van der Waals surface area (Å²) in [7, 11) is -4.06. The van der Waals surface area contributed by atoms with Crippen molar-refractivity contribution in [1.82, 2.24) is 14.1 Å². The molecule has 0 amide bonds. The zero-order valence-corrected chi connectivity index (χ0v) is 18.1. The Kier molecular flexibility index (Phi) is 4.87. The maximum absolute atomic E-state index is 12.4. The van der Waals surface area contributed by atoms with Crippen LogP contribution in [0.25, 0.3) is 0 Å². The molecule has 0 unspecified atom stereocenters. The van der Waals surface area contributed by atoms with Crippen LogP contribution in [0.4, 0.5) is 5.82 Å². The molecule has 2 aliphatic rings. The van der Waals surface area contributed by atoms with E-state index in [9.17, 15) is 13.7 Å². The summed E-state index contributed by atoms with van der Waals surface area (Å²) >= 11 is 0. The molecule has 0 radical (unpaired) electrons. The van der Waals surface area contributed by atoms with Crippen molar-refractivity contribution < 1.29 is 17.7 Å². The first-order valence-electron chi connectivity index (χ1n) is 9.33. The van der Waals surface area contributed by atoms with Gasteiger partial charge in [-0.15, -0.1) is 0 Å². The lowest BCUT2D eigenvalue weighted by atomic mass is 9.80. The van der Waals surface area contributed by atoms with Gasteiger partial charge in [-0.1, -0.05) is 0 Å². The number of hydrogen-bond donors (Lipinski definition) is 1. The molecule has 2 saturated heterocycles. The zero-order valence-electron chi connectivity index (χ0n) is 17.3. The molecule has 2 fully saturated rings. The number of sulfonamides is 1. The number of rotatable bonds is 5. The van der Waals surface area contributed by atoms with Crippen molar-refractivity contribution >= 4 is 28.4 Å². The van der Waals surface area contributed by atoms with Gasteiger partial charge in [-0.25, -0.2) is 8.42 Å². The average Bonchev–Trinajstić information content (AvgIpc) is 2.99. The standard InChI is InChI=1S/C17H28BN5O4S/c1-12(2)28(24,25)22-10-17(11-22,7-8-19)23-9-13(14(20)21-23)18-26-15(3,4)16(5,6)27-18/h9,12H,7,10-11H2,1-6H3,(H2,20,21). The third-order valence-electron chi connectivity index (χ3n) is 6.07. The van der Waals surface area contributed by atoms with Crippen LogP contribution in [0, 0.1) is 11.3 Å². The van der Waals surface area contributed by atoms with Crippen LogP contribution in [0.1, 0.15) is 48.0 Å². The Hall–Kier alpha value is -1.61. The van der Waals surface area contributed by atoms with E-state index in [1.165, 1.54) is 4.31 Å². The lowest BCUT2D eigenvalue weighted by molar-refractivity contribution is 0.00578. The molecule has 3 rings (SSSR count). The first kappa shape index (κ1) is 21.1. The van der Waals surface area contributed by atoms with Crippen LogP contribution >= 0.6 is 0 Å². The molecule has 154 valence electrons. The maximum atomic E-state index is 12.4. The van der Waals surface area contributed by atoms with Gasteiger partial charge in [0, 0.05) is 24.7 Å². The molecule has 1 aromatic rings. The summed E-state index contributed by atoms with van der Waals surface area (Å²) in [5.41, 5.74) is 4.94. The summed E-state index contributed by atoms with van der Waals surface area (Å²) in [5, 5.41) is 13.2. The molecule has 0 spiro atoms. The van der Waals surface area contributed by atoms with Crippen molar-refractivity contribution in [2.45, 2.75) is 70.0 Å². The first-order valence-corrected chi connectivity index (χ1v) is 10.8. The number of nitrogens with two attached hydrogens (primary N) is 1. The van der Waals surface area contributed by atoms with Gasteiger partial charge in [-0.2, -0.15) is 14.7 Å². The van der Waals surface area contributed by atoms with Crippen molar-refractivity contribution in [3.8, 4) is 6.07 Å². The molecule has 0 atom stereocenters. The van der Waals surface area contributed by atoms with Crippen molar-refractivity contribution in [1.29, 1.82) is 5.26 Å². The number of nitrogen functional groups attached to an aromatic ring is 1. The lowest BCUT2D eigenvalue weighted by Crippen LogP contribution is -2.65. The number of hydrogen-bond acceptors (Lipinski definition) is 7. The Balaban J connectivity index is 1.88. The number of nitrogens with zero attached hydrogens (tertiary/aromatic N) is 4. The van der Waals surface area contributed by atoms with Crippen LogP contribution < -0.4 is 11.2 Å². The Morgan fingerprint density at radius 3 is 2.29 bits per heavy atom. The summed E-state index contributed by atoms with van der Waals surface area (Å²) in [6.07, 6.45) is 1.84. The van der Waals surface area contributed by atoms with Crippen molar-refractivity contribution in [2.75, 3.05) is 18.8 Å². The van der Waals surface area contributed by atoms with Gasteiger partial charge in [-0.3, -0.25) is 4.68 Å². The maximum Gasteiger partial charge on any atom is 0.500 e. The fourth-order valence-electron chi connectivity index (χ4n) is 3.37. The molecule has 0 saturated carbocycles. The van der Waals surface area contributed by atoms with Gasteiger partial charge in [0.05, 0.1) is 28.9 Å². The predicted octanol–water partition coefficient (Wildman–Crippen LogP) is 0.427. The van der Waals surface area contributed by atoms with E-state index >= 15 is 0 Å². The van der Waals surface area contributed by atoms with Crippen LogP contribution in [-0.4, -0.2) is 59.2 Å². The third-order valence-corrected chi connectivity index (χ3v) is 8.24. The summed E-state index contributed by atoms with van der Waals surface area (Å²) < 4.78 is 39.9. The summed E-state index contributed by atoms with van der Waals surface area (Å²) in [6, 6.07) is 2.15. The Bertz CT molecular complexity index is 896. The minimum absolute atomic E-state index is 0.126. The van der Waals surface area contributed by atoms with E-state index in [0.717, 1.165) is 0 Å². The van der Waals surface area contributed by atoms with E-state index in [2.05, 4.69) is 11.2 Å². The monoisotopic (exact) mass is 409 g/mol. The first-order chi connectivity index (χ1) is 12.8. The van der Waals surface area contributed by atoms with Crippen LogP contribution in [0.2, 0.25) is 0 Å². The quantitative estimate of drug-likeness (QED) is 0.700. The molecule has 2 N–H and O–H groups in total. The fraction of sp³-hybridized carbons (Fsp3) is 0.765. The molecule has 0 bridgehead atoms. The van der Waals surface area contributed by atoms with Crippen molar-refractivity contribution in [3.63, 3.8) is 0 Å². The smallest absolute Gasteiger partial charge is 0.399 e.